The fourth-order valence-electron chi connectivity index (χ4n) is 9.04. The number of ether oxygens (including phenoxy) is 11. The third-order valence-electron chi connectivity index (χ3n) is 12.9. The lowest BCUT2D eigenvalue weighted by Crippen LogP contribution is -2.63. The van der Waals surface area contributed by atoms with Crippen molar-refractivity contribution >= 4 is 11.6 Å². The lowest BCUT2D eigenvalue weighted by atomic mass is 9.97. The van der Waals surface area contributed by atoms with Crippen molar-refractivity contribution in [1.82, 2.24) is 0 Å². The molecule has 2 aliphatic rings. The van der Waals surface area contributed by atoms with Crippen molar-refractivity contribution in [2.24, 2.45) is 0 Å². The summed E-state index contributed by atoms with van der Waals surface area (Å²) >= 11 is 7.42. The molecule has 12 heteroatoms. The average molecular weight is 1030 g/mol. The molecule has 0 aromatic heterocycles. The third kappa shape index (κ3) is 15.8. The smallest absolute Gasteiger partial charge is 0.198 e. The van der Waals surface area contributed by atoms with Crippen LogP contribution < -0.4 is 0 Å². The summed E-state index contributed by atoms with van der Waals surface area (Å²) in [6.45, 7) is 1.80. The molecule has 75 heavy (non-hydrogen) atoms. The van der Waals surface area contributed by atoms with Crippen LogP contribution in [0.1, 0.15) is 38.9 Å². The normalized spacial score (nSPS) is 22.9. The summed E-state index contributed by atoms with van der Waals surface area (Å²) in [4.78, 5) is 0. The van der Waals surface area contributed by atoms with Crippen LogP contribution in [-0.2, 0) is 98.4 Å². The van der Waals surface area contributed by atoms with Crippen molar-refractivity contribution in [1.29, 1.82) is 0 Å². The van der Waals surface area contributed by atoms with Gasteiger partial charge in [-0.15, -0.1) is 0 Å². The van der Waals surface area contributed by atoms with Gasteiger partial charge in [0.15, 0.2) is 12.6 Å². The van der Waals surface area contributed by atoms with Crippen LogP contribution in [0, 0.1) is 0 Å². The Bertz CT molecular complexity index is 2710. The van der Waals surface area contributed by atoms with Gasteiger partial charge in [0.2, 0.25) is 0 Å². The summed E-state index contributed by atoms with van der Waals surface area (Å²) in [6, 6.07) is 69.8. The topological polar surface area (TPSA) is 102 Å². The number of rotatable bonds is 26. The highest BCUT2D eigenvalue weighted by Crippen LogP contribution is 2.38. The lowest BCUT2D eigenvalue weighted by molar-refractivity contribution is -0.349. The predicted octanol–water partition coefficient (Wildman–Crippen LogP) is 11.9. The van der Waals surface area contributed by atoms with E-state index in [0.29, 0.717) is 13.2 Å². The van der Waals surface area contributed by atoms with Gasteiger partial charge in [-0.05, 0) is 38.9 Å². The molecule has 1 saturated heterocycles. The summed E-state index contributed by atoms with van der Waals surface area (Å²) < 4.78 is 75.8. The van der Waals surface area contributed by atoms with Gasteiger partial charge in [0, 0.05) is 7.11 Å². The first kappa shape index (κ1) is 53.8. The van der Waals surface area contributed by atoms with E-state index >= 15 is 0 Å². The van der Waals surface area contributed by atoms with E-state index in [-0.39, 0.29) is 57.0 Å². The molecule has 7 aromatic rings. The Kier molecular flexibility index (Phi) is 20.6. The van der Waals surface area contributed by atoms with Crippen LogP contribution in [0.2, 0.25) is 0 Å². The molecule has 0 spiro atoms. The maximum atomic E-state index is 7.54. The van der Waals surface area contributed by atoms with Gasteiger partial charge >= 0.3 is 0 Å². The van der Waals surface area contributed by atoms with Crippen LogP contribution in [-0.4, -0.2) is 75.6 Å². The molecular weight excluding hydrogens is 968 g/mol. The van der Waals surface area contributed by atoms with Crippen LogP contribution in [0.25, 0.3) is 0 Å². The van der Waals surface area contributed by atoms with E-state index in [4.69, 9.17) is 63.7 Å². The maximum absolute atomic E-state index is 7.54. The molecule has 0 amide bonds. The lowest BCUT2D eigenvalue weighted by Gasteiger charge is -2.47. The Labute approximate surface area is 445 Å². The quantitative estimate of drug-likeness (QED) is 0.0518. The van der Waals surface area contributed by atoms with E-state index in [1.165, 1.54) is 7.11 Å². The Morgan fingerprint density at radius 2 is 0.720 bits per heavy atom. The molecule has 2 heterocycles. The minimum atomic E-state index is -1.17. The molecule has 0 saturated carbocycles. The second-order valence-corrected chi connectivity index (χ2v) is 18.8. The van der Waals surface area contributed by atoms with Crippen LogP contribution >= 0.6 is 11.6 Å². The predicted molar refractivity (Wildman–Crippen MR) is 286 cm³/mol. The first-order valence-corrected chi connectivity index (χ1v) is 25.9. The van der Waals surface area contributed by atoms with Gasteiger partial charge in [-0.1, -0.05) is 224 Å². The number of benzene rings is 7. The molecule has 0 radical (unpaired) electrons. The zero-order chi connectivity index (χ0) is 51.3. The zero-order valence-electron chi connectivity index (χ0n) is 42.1. The maximum Gasteiger partial charge on any atom is 0.198 e. The molecule has 9 atom stereocenters. The summed E-state index contributed by atoms with van der Waals surface area (Å²) in [5.74, 6) is 0.278. The van der Waals surface area contributed by atoms with Gasteiger partial charge < -0.3 is 52.1 Å². The minimum absolute atomic E-state index is 0.0311. The zero-order valence-corrected chi connectivity index (χ0v) is 42.9. The van der Waals surface area contributed by atoms with Gasteiger partial charge in [-0.25, -0.2) is 0 Å². The van der Waals surface area contributed by atoms with Crippen molar-refractivity contribution in [2.75, 3.05) is 20.3 Å². The third-order valence-corrected chi connectivity index (χ3v) is 13.3. The number of methoxy groups -OCH3 is 1. The molecule has 2 aliphatic heterocycles. The van der Waals surface area contributed by atoms with Crippen LogP contribution in [0.4, 0.5) is 0 Å². The van der Waals surface area contributed by atoms with Crippen molar-refractivity contribution in [2.45, 2.75) is 102 Å². The second kappa shape index (κ2) is 28.8. The molecule has 7 aromatic carbocycles. The van der Waals surface area contributed by atoms with E-state index in [0.717, 1.165) is 38.9 Å². The van der Waals surface area contributed by atoms with Crippen LogP contribution in [0.5, 0.6) is 0 Å². The Morgan fingerprint density at radius 3 is 1.13 bits per heavy atom. The minimum Gasteiger partial charge on any atom is -0.489 e. The van der Waals surface area contributed by atoms with Crippen molar-refractivity contribution in [3.05, 3.63) is 262 Å². The van der Waals surface area contributed by atoms with E-state index in [1.807, 2.05) is 212 Å². The highest BCUT2D eigenvalue weighted by atomic mass is 35.5. The van der Waals surface area contributed by atoms with Gasteiger partial charge in [0.1, 0.15) is 60.1 Å². The fraction of sp³-hybridized carbons (Fsp3) is 0.302. The summed E-state index contributed by atoms with van der Waals surface area (Å²) in [6.07, 6.45) is -8.39. The van der Waals surface area contributed by atoms with E-state index in [9.17, 15) is 0 Å². The number of hydrogen-bond acceptors (Lipinski definition) is 11. The van der Waals surface area contributed by atoms with Gasteiger partial charge in [0.05, 0.1) is 52.9 Å². The van der Waals surface area contributed by atoms with Crippen molar-refractivity contribution in [3.63, 3.8) is 0 Å². The molecule has 0 bridgehead atoms. The first-order chi connectivity index (χ1) is 37.1. The average Bonchev–Trinajstić information content (AvgIpc) is 3.57. The highest BCUT2D eigenvalue weighted by Gasteiger charge is 2.53. The van der Waals surface area contributed by atoms with E-state index in [2.05, 4.69) is 0 Å². The summed E-state index contributed by atoms with van der Waals surface area (Å²) in [7, 11) is 1.53. The van der Waals surface area contributed by atoms with Crippen molar-refractivity contribution < 1.29 is 52.1 Å². The van der Waals surface area contributed by atoms with Gasteiger partial charge in [0.25, 0.3) is 0 Å². The molecule has 11 nitrogen and oxygen atoms in total. The second-order valence-electron chi connectivity index (χ2n) is 18.4. The molecular formula is C63H65ClO11. The fourth-order valence-corrected chi connectivity index (χ4v) is 9.34. The molecule has 0 aliphatic carbocycles. The SMILES string of the molecule is CO[C@H]1O[C@H](COCc2ccccc2)[C@@H](O[C@H]2O[C@H](COCc3ccccc3)[C@@H](OCc3ccccc3)[C@H](OCc3ccccc3)[C@H]2OCc2ccccc2)[C@H](OCc2ccccc2)C(OCc2ccccc2)=C1Cl. The highest BCUT2D eigenvalue weighted by molar-refractivity contribution is 6.30. The standard InChI is InChI=1S/C63H65ClO11/c1-65-62-55(64)58(69-40-49-29-15-5-16-30-49)60(71-42-51-33-19-7-20-34-51)57(54(73-62)45-67-38-47-25-11-3-12-26-47)75-63-61(72-43-52-35-21-8-22-36-52)59(70-41-50-31-17-6-18-32-50)56(68-39-48-27-13-4-14-28-48)53(74-63)44-66-37-46-23-9-2-10-24-46/h2-36,53-54,56-57,59-63H,37-45H2,1H3/t53-,54-,56-,57-,59+,60+,61-,62+,63-/m1/s1. The monoisotopic (exact) mass is 1030 g/mol. The Morgan fingerprint density at radius 1 is 0.373 bits per heavy atom. The molecule has 9 rings (SSSR count). The Balaban J connectivity index is 1.14. The summed E-state index contributed by atoms with van der Waals surface area (Å²) in [5, 5.41) is 0.165. The van der Waals surface area contributed by atoms with Crippen molar-refractivity contribution in [3.8, 4) is 0 Å². The molecule has 390 valence electrons. The van der Waals surface area contributed by atoms with Gasteiger partial charge in [-0.3, -0.25) is 0 Å². The van der Waals surface area contributed by atoms with E-state index in [1.54, 1.807) is 0 Å². The Hall–Kier alpha value is -6.03. The molecule has 0 unspecified atom stereocenters. The van der Waals surface area contributed by atoms with E-state index < -0.39 is 55.3 Å². The summed E-state index contributed by atoms with van der Waals surface area (Å²) in [5.41, 5.74) is 6.72. The van der Waals surface area contributed by atoms with Crippen LogP contribution in [0.15, 0.2) is 223 Å². The van der Waals surface area contributed by atoms with Crippen LogP contribution in [0.3, 0.4) is 0 Å². The molecule has 0 N–H and O–H groups in total. The first-order valence-electron chi connectivity index (χ1n) is 25.5. The number of hydrogen-bond donors (Lipinski definition) is 0. The largest absolute Gasteiger partial charge is 0.489 e. The number of halogens is 1. The molecule has 1 fully saturated rings. The van der Waals surface area contributed by atoms with Gasteiger partial charge in [-0.2, -0.15) is 0 Å².